The van der Waals surface area contributed by atoms with Crippen molar-refractivity contribution in [1.82, 2.24) is 15.1 Å². The first-order valence-corrected chi connectivity index (χ1v) is 19.6. The third-order valence-electron chi connectivity index (χ3n) is 13.1. The van der Waals surface area contributed by atoms with E-state index in [-0.39, 0.29) is 35.8 Å². The van der Waals surface area contributed by atoms with Gasteiger partial charge in [0.1, 0.15) is 18.1 Å². The molecule has 7 heterocycles. The van der Waals surface area contributed by atoms with Gasteiger partial charge in [-0.25, -0.2) is 4.79 Å². The van der Waals surface area contributed by atoms with Crippen LogP contribution in [-0.4, -0.2) is 102 Å². The predicted molar refractivity (Wildman–Crippen MR) is 197 cm³/mol. The Morgan fingerprint density at radius 2 is 1.84 bits per heavy atom. The van der Waals surface area contributed by atoms with Crippen molar-refractivity contribution in [3.05, 3.63) is 62.7 Å². The second-order valence-corrected chi connectivity index (χ2v) is 16.9. The number of aryl methyl sites for hydroxylation is 1. The Labute approximate surface area is 321 Å². The van der Waals surface area contributed by atoms with Crippen molar-refractivity contribution in [3.63, 3.8) is 0 Å². The average molecular weight is 774 g/mol. The van der Waals surface area contributed by atoms with Crippen molar-refractivity contribution < 1.29 is 53.3 Å². The highest BCUT2D eigenvalue weighted by molar-refractivity contribution is 7.99. The van der Waals surface area contributed by atoms with Gasteiger partial charge in [0.2, 0.25) is 6.79 Å². The summed E-state index contributed by atoms with van der Waals surface area (Å²) in [5, 5.41) is 38.5. The van der Waals surface area contributed by atoms with Gasteiger partial charge in [0.05, 0.1) is 37.1 Å². The molecule has 55 heavy (non-hydrogen) atoms. The first-order valence-electron chi connectivity index (χ1n) is 18.6. The van der Waals surface area contributed by atoms with Crippen LogP contribution in [0.3, 0.4) is 0 Å². The second kappa shape index (κ2) is 11.8. The van der Waals surface area contributed by atoms with Gasteiger partial charge >= 0.3 is 11.9 Å². The monoisotopic (exact) mass is 773 g/mol. The first kappa shape index (κ1) is 35.0. The molecule has 2 spiro atoms. The van der Waals surface area contributed by atoms with E-state index >= 15 is 0 Å². The van der Waals surface area contributed by atoms with E-state index in [1.807, 2.05) is 27.0 Å². The maximum atomic E-state index is 14.9. The van der Waals surface area contributed by atoms with E-state index in [0.29, 0.717) is 76.6 Å². The molecule has 4 N–H and O–H groups in total. The van der Waals surface area contributed by atoms with Crippen LogP contribution in [0, 0.1) is 13.8 Å². The van der Waals surface area contributed by atoms with Crippen molar-refractivity contribution in [1.29, 1.82) is 0 Å². The number of benzene rings is 3. The number of hydrogen-bond donors (Lipinski definition) is 4. The maximum Gasteiger partial charge on any atom is 0.332 e. The van der Waals surface area contributed by atoms with Crippen LogP contribution < -0.4 is 29.0 Å². The number of carbonyl (C=O) groups is 2. The van der Waals surface area contributed by atoms with Crippen molar-refractivity contribution in [2.45, 2.75) is 86.8 Å². The minimum Gasteiger partial charge on any atom is -0.504 e. The molecule has 3 aromatic rings. The number of phenolic OH excluding ortho intramolecular Hbond substituents is 2. The lowest BCUT2D eigenvalue weighted by Crippen LogP contribution is -2.72. The molecular formula is C40H43N3O11S. The summed E-state index contributed by atoms with van der Waals surface area (Å²) in [7, 11) is 4.99. The van der Waals surface area contributed by atoms with Gasteiger partial charge in [-0.05, 0) is 68.1 Å². The molecule has 4 bridgehead atoms. The zero-order chi connectivity index (χ0) is 38.5. The number of thioether (sulfide) groups is 1. The molecule has 3 unspecified atom stereocenters. The van der Waals surface area contributed by atoms with Crippen molar-refractivity contribution in [2.75, 3.05) is 40.4 Å². The molecule has 8 atom stereocenters. The highest BCUT2D eigenvalue weighted by atomic mass is 32.2. The number of aliphatic hydroxyl groups excluding tert-OH is 1. The fourth-order valence-corrected chi connectivity index (χ4v) is 12.5. The van der Waals surface area contributed by atoms with E-state index in [4.69, 9.17) is 28.4 Å². The molecule has 3 aromatic carbocycles. The quantitative estimate of drug-likeness (QED) is 0.226. The van der Waals surface area contributed by atoms with Gasteiger partial charge in [-0.1, -0.05) is 6.07 Å². The van der Waals surface area contributed by atoms with Crippen LogP contribution in [0.1, 0.15) is 69.1 Å². The topological polar surface area (TPSA) is 169 Å². The van der Waals surface area contributed by atoms with E-state index in [0.717, 1.165) is 16.7 Å². The molecule has 0 radical (unpaired) electrons. The minimum absolute atomic E-state index is 0.0169. The number of piperazine rings is 1. The van der Waals surface area contributed by atoms with Gasteiger partial charge in [-0.15, -0.1) is 11.8 Å². The fraction of sp³-hybridized carbons (Fsp3) is 0.500. The lowest BCUT2D eigenvalue weighted by molar-refractivity contribution is -0.190. The van der Waals surface area contributed by atoms with E-state index in [2.05, 4.69) is 15.1 Å². The zero-order valence-corrected chi connectivity index (χ0v) is 32.2. The summed E-state index contributed by atoms with van der Waals surface area (Å²) < 4.78 is 36.5. The van der Waals surface area contributed by atoms with Gasteiger partial charge in [0.25, 0.3) is 0 Å². The third-order valence-corrected chi connectivity index (χ3v) is 14.6. The number of carbonyl (C=O) groups excluding carboxylic acids is 2. The summed E-state index contributed by atoms with van der Waals surface area (Å²) in [4.78, 5) is 32.2. The molecule has 3 fully saturated rings. The lowest BCUT2D eigenvalue weighted by Gasteiger charge is -2.62. The minimum atomic E-state index is -1.35. The number of nitrogens with zero attached hydrogens (tertiary/aromatic N) is 2. The molecule has 14 nitrogen and oxygen atoms in total. The molecule has 8 aliphatic rings. The number of rotatable bonds is 3. The number of nitrogens with one attached hydrogen (secondary N) is 1. The van der Waals surface area contributed by atoms with E-state index in [9.17, 15) is 24.9 Å². The predicted octanol–water partition coefficient (Wildman–Crippen LogP) is 3.34. The number of phenols is 2. The number of fused-ring (bicyclic) bond motifs is 8. The summed E-state index contributed by atoms with van der Waals surface area (Å²) in [5.41, 5.74) is 3.40. The maximum absolute atomic E-state index is 14.9. The number of ether oxygens (including phenoxy) is 6. The van der Waals surface area contributed by atoms with Crippen LogP contribution in [0.15, 0.2) is 18.2 Å². The number of likely N-dealkylation sites (N-methyl/N-ethyl adjacent to an activating group) is 1. The smallest absolute Gasteiger partial charge is 0.332 e. The van der Waals surface area contributed by atoms with Crippen molar-refractivity contribution >= 4 is 23.7 Å². The molecule has 1 aliphatic carbocycles. The zero-order valence-electron chi connectivity index (χ0n) is 31.3. The summed E-state index contributed by atoms with van der Waals surface area (Å²) in [6.07, 6.45) is -0.446. The Kier molecular flexibility index (Phi) is 7.52. The number of aromatic hydroxyl groups is 2. The second-order valence-electron chi connectivity index (χ2n) is 15.8. The van der Waals surface area contributed by atoms with E-state index in [1.165, 1.54) is 25.8 Å². The SMILES string of the molecule is COc1cc2c(cc1O)CCN[C@]21CS[C@@H]2c3c(OC(C)=O)c(C)c4c(c3C3(CC3OC1=O)N1C2[C@H]2c3c(cc(C)c(OC)c3O)C[C@@H]([C@@H]1O)N2C)OCO4. The number of hydrogen-bond acceptors (Lipinski definition) is 15. The van der Waals surface area contributed by atoms with Crippen LogP contribution >= 0.6 is 11.8 Å². The van der Waals surface area contributed by atoms with Crippen LogP contribution in [0.2, 0.25) is 0 Å². The molecule has 7 aliphatic heterocycles. The highest BCUT2D eigenvalue weighted by Crippen LogP contribution is 2.72. The Morgan fingerprint density at radius 1 is 1.05 bits per heavy atom. The molecule has 2 saturated heterocycles. The summed E-state index contributed by atoms with van der Waals surface area (Å²) in [6, 6.07) is 3.98. The number of methoxy groups -OCH3 is 2. The standard InChI is InChI=1S/C40H43N3O11S/c1-16-9-20-10-22-37(47)43-30(29(42(22)4)26(20)31(46)32(16)50-6)36-27-28(35-34(51-15-52-35)17(2)33(27)53-18(3)44)40(43)13-25(40)54-38(48)39(14-55-36)21-12-24(49-5)23(45)11-19(21)7-8-41-39/h9,11-12,22,25,29-30,36-37,41,45-47H,7-8,10,13-15H2,1-6H3/t22-,25?,29+,30?,36+,37-,39+,40?/m0/s1. The molecule has 11 rings (SSSR count). The van der Waals surface area contributed by atoms with Gasteiger partial charge in [0.15, 0.2) is 40.0 Å². The largest absolute Gasteiger partial charge is 0.504 e. The summed E-state index contributed by atoms with van der Waals surface area (Å²) in [5.74, 6) is 1.10. The summed E-state index contributed by atoms with van der Waals surface area (Å²) >= 11 is 1.48. The molecule has 290 valence electrons. The normalized spacial score (nSPS) is 32.4. The summed E-state index contributed by atoms with van der Waals surface area (Å²) in [6.45, 7) is 5.50. The average Bonchev–Trinajstić information content (AvgIpc) is 3.59. The molecule has 1 saturated carbocycles. The van der Waals surface area contributed by atoms with Crippen LogP contribution in [0.25, 0.3) is 0 Å². The Balaban J connectivity index is 1.27. The van der Waals surface area contributed by atoms with Gasteiger partial charge < -0.3 is 43.7 Å². The number of aliphatic hydroxyl groups is 1. The highest BCUT2D eigenvalue weighted by Gasteiger charge is 2.75. The third kappa shape index (κ3) is 4.41. The Hall–Kier alpha value is -4.41. The first-order chi connectivity index (χ1) is 26.4. The van der Waals surface area contributed by atoms with E-state index < -0.39 is 52.7 Å². The number of esters is 2. The van der Waals surface area contributed by atoms with Gasteiger partial charge in [0, 0.05) is 53.9 Å². The van der Waals surface area contributed by atoms with Crippen molar-refractivity contribution in [3.8, 4) is 40.2 Å². The molecule has 0 aromatic heterocycles. The van der Waals surface area contributed by atoms with Crippen LogP contribution in [-0.2, 0) is 38.2 Å². The lowest BCUT2D eigenvalue weighted by atomic mass is 9.72. The van der Waals surface area contributed by atoms with Crippen LogP contribution in [0.4, 0.5) is 0 Å². The van der Waals surface area contributed by atoms with E-state index in [1.54, 1.807) is 19.2 Å². The van der Waals surface area contributed by atoms with Gasteiger partial charge in [-0.2, -0.15) is 0 Å². The molecule has 0 amide bonds. The van der Waals surface area contributed by atoms with Crippen molar-refractivity contribution in [2.24, 2.45) is 0 Å². The Bertz CT molecular complexity index is 2230. The van der Waals surface area contributed by atoms with Crippen LogP contribution in [0.5, 0.6) is 40.2 Å². The molecule has 15 heteroatoms. The van der Waals surface area contributed by atoms with Gasteiger partial charge in [-0.3, -0.25) is 19.9 Å². The molecular weight excluding hydrogens is 731 g/mol. The fourth-order valence-electron chi connectivity index (χ4n) is 10.8. The Morgan fingerprint density at radius 3 is 2.58 bits per heavy atom.